The van der Waals surface area contributed by atoms with Crippen LogP contribution in [0.2, 0.25) is 0 Å². The van der Waals surface area contributed by atoms with E-state index in [1.807, 2.05) is 23.1 Å². The molecule has 1 aliphatic rings. The fourth-order valence-corrected chi connectivity index (χ4v) is 4.24. The second-order valence-corrected chi connectivity index (χ2v) is 7.92. The molecular weight excluding hydrogens is 358 g/mol. The maximum Gasteiger partial charge on any atom is 0.237 e. The molecule has 0 saturated carbocycles. The Morgan fingerprint density at radius 1 is 1.19 bits per heavy atom. The predicted octanol–water partition coefficient (Wildman–Crippen LogP) is 2.55. The Kier molecular flexibility index (Phi) is 5.31. The molecule has 0 atom stereocenters. The lowest BCUT2D eigenvalue weighted by molar-refractivity contribution is -0.136. The Morgan fingerprint density at radius 3 is 2.93 bits per heavy atom. The first kappa shape index (κ1) is 17.9. The van der Waals surface area contributed by atoms with E-state index in [0.717, 1.165) is 48.9 Å². The number of hydrogen-bond donors (Lipinski definition) is 1. The summed E-state index contributed by atoms with van der Waals surface area (Å²) in [5, 5.41) is 2.97. The number of aromatic nitrogens is 2. The van der Waals surface area contributed by atoms with Gasteiger partial charge in [0.15, 0.2) is 0 Å². The molecule has 7 heteroatoms. The fourth-order valence-electron chi connectivity index (χ4n) is 3.49. The van der Waals surface area contributed by atoms with Gasteiger partial charge in [0.1, 0.15) is 12.1 Å². The fraction of sp³-hybridized carbons (Fsp3) is 0.350. The molecule has 0 unspecified atom stereocenters. The zero-order valence-electron chi connectivity index (χ0n) is 15.2. The average Bonchev–Trinajstić information content (AvgIpc) is 3.18. The molecule has 0 aliphatic carbocycles. The highest BCUT2D eigenvalue weighted by Gasteiger charge is 2.23. The Bertz CT molecular complexity index is 927. The molecule has 3 heterocycles. The Hall–Kier alpha value is -2.51. The van der Waals surface area contributed by atoms with Crippen LogP contribution in [0.25, 0.3) is 10.9 Å². The molecular formula is C20H23N5OS. The summed E-state index contributed by atoms with van der Waals surface area (Å²) < 4.78 is 0. The topological polar surface area (TPSA) is 75.3 Å². The maximum atomic E-state index is 12.6. The first-order chi connectivity index (χ1) is 13.2. The lowest BCUT2D eigenvalue weighted by atomic mass is 10.1. The van der Waals surface area contributed by atoms with E-state index < -0.39 is 0 Å². The molecule has 1 fully saturated rings. The van der Waals surface area contributed by atoms with Crippen LogP contribution in [0.4, 0.5) is 5.82 Å². The maximum absolute atomic E-state index is 12.6. The second kappa shape index (κ2) is 8.02. The highest BCUT2D eigenvalue weighted by Crippen LogP contribution is 2.19. The molecule has 1 saturated heterocycles. The van der Waals surface area contributed by atoms with Gasteiger partial charge in [0.05, 0.1) is 12.1 Å². The predicted molar refractivity (Wildman–Crippen MR) is 108 cm³/mol. The molecule has 1 amide bonds. The van der Waals surface area contributed by atoms with Crippen molar-refractivity contribution in [3.63, 3.8) is 0 Å². The van der Waals surface area contributed by atoms with Gasteiger partial charge in [-0.1, -0.05) is 12.1 Å². The minimum Gasteiger partial charge on any atom is -0.383 e. The van der Waals surface area contributed by atoms with Crippen molar-refractivity contribution >= 4 is 34.0 Å². The van der Waals surface area contributed by atoms with Crippen molar-refractivity contribution < 1.29 is 4.79 Å². The van der Waals surface area contributed by atoms with Crippen LogP contribution < -0.4 is 5.73 Å². The Balaban J connectivity index is 1.31. The van der Waals surface area contributed by atoms with Gasteiger partial charge < -0.3 is 10.6 Å². The van der Waals surface area contributed by atoms with Gasteiger partial charge in [0.2, 0.25) is 5.91 Å². The van der Waals surface area contributed by atoms with Gasteiger partial charge in [-0.3, -0.25) is 9.69 Å². The van der Waals surface area contributed by atoms with Gasteiger partial charge in [-0.15, -0.1) is 11.3 Å². The Labute approximate surface area is 162 Å². The number of hydrogen-bond acceptors (Lipinski definition) is 6. The van der Waals surface area contributed by atoms with E-state index in [2.05, 4.69) is 32.4 Å². The van der Waals surface area contributed by atoms with Crippen LogP contribution >= 0.6 is 11.3 Å². The molecule has 6 nitrogen and oxygen atoms in total. The number of rotatable bonds is 6. The van der Waals surface area contributed by atoms with Crippen molar-refractivity contribution in [3.8, 4) is 0 Å². The molecule has 27 heavy (non-hydrogen) atoms. The third kappa shape index (κ3) is 4.26. The third-order valence-corrected chi connectivity index (χ3v) is 5.92. The number of fused-ring (bicyclic) bond motifs is 1. The summed E-state index contributed by atoms with van der Waals surface area (Å²) in [6.45, 7) is 3.79. The van der Waals surface area contributed by atoms with E-state index in [1.54, 1.807) is 11.3 Å². The van der Waals surface area contributed by atoms with Crippen molar-refractivity contribution in [2.75, 3.05) is 31.9 Å². The number of thiophene rings is 1. The summed E-state index contributed by atoms with van der Waals surface area (Å²) >= 11 is 1.80. The smallest absolute Gasteiger partial charge is 0.237 e. The number of aryl methyl sites for hydroxylation is 1. The van der Waals surface area contributed by atoms with E-state index in [0.29, 0.717) is 18.9 Å². The van der Waals surface area contributed by atoms with E-state index in [1.165, 1.54) is 11.2 Å². The summed E-state index contributed by atoms with van der Waals surface area (Å²) in [5.74, 6) is 0.679. The molecule has 2 N–H and O–H groups in total. The van der Waals surface area contributed by atoms with Gasteiger partial charge >= 0.3 is 0 Å². The lowest BCUT2D eigenvalue weighted by Gasteiger charge is -2.34. The minimum absolute atomic E-state index is 0.194. The number of anilines is 1. The van der Waals surface area contributed by atoms with Crippen LogP contribution in [0.5, 0.6) is 0 Å². The zero-order valence-corrected chi connectivity index (χ0v) is 16.0. The standard InChI is InChI=1S/C20H23N5OS/c21-20-17-6-5-15(11-18(17)22-14-23-20)12-25-9-8-24(13-19(25)26)7-1-3-16-4-2-10-27-16/h2,4-6,10-11,14H,1,3,7-9,12-13H2,(H2,21,22,23). The summed E-state index contributed by atoms with van der Waals surface area (Å²) in [6.07, 6.45) is 3.66. The normalized spacial score (nSPS) is 15.6. The SMILES string of the molecule is Nc1ncnc2cc(CN3CCN(CCCc4cccs4)CC3=O)ccc12. The number of piperazine rings is 1. The molecule has 140 valence electrons. The molecule has 4 rings (SSSR count). The van der Waals surface area contributed by atoms with Crippen LogP contribution in [-0.2, 0) is 17.8 Å². The minimum atomic E-state index is 0.194. The molecule has 0 radical (unpaired) electrons. The number of carbonyl (C=O) groups excluding carboxylic acids is 1. The summed E-state index contributed by atoms with van der Waals surface area (Å²) in [4.78, 5) is 26.5. The molecule has 1 aromatic carbocycles. The van der Waals surface area contributed by atoms with E-state index in [4.69, 9.17) is 5.73 Å². The average molecular weight is 382 g/mol. The summed E-state index contributed by atoms with van der Waals surface area (Å²) in [7, 11) is 0. The van der Waals surface area contributed by atoms with Gasteiger partial charge in [-0.25, -0.2) is 9.97 Å². The van der Waals surface area contributed by atoms with Gasteiger partial charge in [-0.2, -0.15) is 0 Å². The van der Waals surface area contributed by atoms with E-state index in [-0.39, 0.29) is 5.91 Å². The molecule has 2 aromatic heterocycles. The summed E-state index contributed by atoms with van der Waals surface area (Å²) in [5.41, 5.74) is 7.77. The van der Waals surface area contributed by atoms with Crippen molar-refractivity contribution in [2.24, 2.45) is 0 Å². The highest BCUT2D eigenvalue weighted by molar-refractivity contribution is 7.09. The first-order valence-electron chi connectivity index (χ1n) is 9.21. The van der Waals surface area contributed by atoms with Crippen molar-refractivity contribution in [1.29, 1.82) is 0 Å². The summed E-state index contributed by atoms with van der Waals surface area (Å²) in [6, 6.07) is 10.2. The highest BCUT2D eigenvalue weighted by atomic mass is 32.1. The number of amides is 1. The Morgan fingerprint density at radius 2 is 2.11 bits per heavy atom. The van der Waals surface area contributed by atoms with Gasteiger partial charge in [0.25, 0.3) is 0 Å². The van der Waals surface area contributed by atoms with Crippen LogP contribution in [-0.4, -0.2) is 51.9 Å². The number of nitrogen functional groups attached to an aromatic ring is 1. The zero-order chi connectivity index (χ0) is 18.6. The van der Waals surface area contributed by atoms with Gasteiger partial charge in [0, 0.05) is 29.9 Å². The molecule has 0 spiro atoms. The van der Waals surface area contributed by atoms with Crippen LogP contribution in [0.15, 0.2) is 42.0 Å². The van der Waals surface area contributed by atoms with Crippen LogP contribution in [0, 0.1) is 0 Å². The monoisotopic (exact) mass is 381 g/mol. The van der Waals surface area contributed by atoms with Gasteiger partial charge in [-0.05, 0) is 48.5 Å². The number of nitrogens with two attached hydrogens (primary N) is 1. The number of benzene rings is 1. The first-order valence-corrected chi connectivity index (χ1v) is 10.1. The van der Waals surface area contributed by atoms with E-state index in [9.17, 15) is 4.79 Å². The number of nitrogens with zero attached hydrogens (tertiary/aromatic N) is 4. The lowest BCUT2D eigenvalue weighted by Crippen LogP contribution is -2.50. The molecule has 1 aliphatic heterocycles. The van der Waals surface area contributed by atoms with Crippen molar-refractivity contribution in [3.05, 3.63) is 52.5 Å². The quantitative estimate of drug-likeness (QED) is 0.710. The van der Waals surface area contributed by atoms with Crippen LogP contribution in [0.3, 0.4) is 0 Å². The van der Waals surface area contributed by atoms with E-state index >= 15 is 0 Å². The second-order valence-electron chi connectivity index (χ2n) is 6.88. The largest absolute Gasteiger partial charge is 0.383 e. The number of carbonyl (C=O) groups is 1. The molecule has 3 aromatic rings. The molecule has 0 bridgehead atoms. The third-order valence-electron chi connectivity index (χ3n) is 4.98. The van der Waals surface area contributed by atoms with Crippen molar-refractivity contribution in [2.45, 2.75) is 19.4 Å². The van der Waals surface area contributed by atoms with Crippen LogP contribution in [0.1, 0.15) is 16.9 Å². The van der Waals surface area contributed by atoms with Crippen molar-refractivity contribution in [1.82, 2.24) is 19.8 Å².